The van der Waals surface area contributed by atoms with Crippen LogP contribution in [0.25, 0.3) is 0 Å². The normalized spacial score (nSPS) is 15.5. The number of ether oxygens (including phenoxy) is 1. The Morgan fingerprint density at radius 2 is 2.12 bits per heavy atom. The molecule has 2 heterocycles. The predicted octanol–water partition coefficient (Wildman–Crippen LogP) is 5.07. The molecule has 33 heavy (non-hydrogen) atoms. The van der Waals surface area contributed by atoms with Crippen molar-refractivity contribution in [2.24, 2.45) is 0 Å². The third-order valence-electron chi connectivity index (χ3n) is 5.46. The molecule has 2 aromatic carbocycles. The van der Waals surface area contributed by atoms with E-state index in [-0.39, 0.29) is 17.8 Å². The first-order chi connectivity index (χ1) is 16.0. The molecule has 1 amide bonds. The quantitative estimate of drug-likeness (QED) is 0.412. The number of amides is 1. The highest BCUT2D eigenvalue weighted by molar-refractivity contribution is 7.99. The van der Waals surface area contributed by atoms with E-state index in [1.54, 1.807) is 18.2 Å². The van der Waals surface area contributed by atoms with Crippen molar-refractivity contribution in [1.29, 1.82) is 0 Å². The molecule has 1 aliphatic heterocycles. The van der Waals surface area contributed by atoms with Gasteiger partial charge in [-0.3, -0.25) is 4.79 Å². The number of aromatic nitrogens is 3. The van der Waals surface area contributed by atoms with Crippen LogP contribution in [0.2, 0.25) is 5.02 Å². The molecule has 1 saturated heterocycles. The van der Waals surface area contributed by atoms with E-state index in [0.29, 0.717) is 29.0 Å². The molecule has 2 N–H and O–H groups in total. The number of aryl methyl sites for hydroxylation is 2. The smallest absolute Gasteiger partial charge is 0.234 e. The maximum Gasteiger partial charge on any atom is 0.234 e. The van der Waals surface area contributed by atoms with Gasteiger partial charge in [0.2, 0.25) is 5.91 Å². The van der Waals surface area contributed by atoms with E-state index in [1.807, 2.05) is 6.07 Å². The molecule has 7 nitrogen and oxygen atoms in total. The molecule has 0 radical (unpaired) electrons. The molecule has 0 bridgehead atoms. The predicted molar refractivity (Wildman–Crippen MR) is 133 cm³/mol. The first-order valence-electron chi connectivity index (χ1n) is 11.0. The van der Waals surface area contributed by atoms with Gasteiger partial charge in [-0.1, -0.05) is 47.1 Å². The van der Waals surface area contributed by atoms with Crippen LogP contribution in [0.4, 0.5) is 11.4 Å². The Hall–Kier alpha value is -2.55. The highest BCUT2D eigenvalue weighted by Crippen LogP contribution is 2.23. The molecule has 1 aliphatic rings. The zero-order valence-electron chi connectivity index (χ0n) is 18.8. The van der Waals surface area contributed by atoms with Crippen LogP contribution in [-0.2, 0) is 22.6 Å². The Labute approximate surface area is 203 Å². The Kier molecular flexibility index (Phi) is 7.90. The van der Waals surface area contributed by atoms with E-state index >= 15 is 0 Å². The van der Waals surface area contributed by atoms with Crippen molar-refractivity contribution in [1.82, 2.24) is 14.8 Å². The largest absolute Gasteiger partial charge is 0.378 e. The molecule has 174 valence electrons. The van der Waals surface area contributed by atoms with Gasteiger partial charge in [-0.15, -0.1) is 10.2 Å². The van der Waals surface area contributed by atoms with Gasteiger partial charge >= 0.3 is 0 Å². The summed E-state index contributed by atoms with van der Waals surface area (Å²) in [4.78, 5) is 12.5. The van der Waals surface area contributed by atoms with Gasteiger partial charge in [0.25, 0.3) is 0 Å². The van der Waals surface area contributed by atoms with E-state index < -0.39 is 0 Å². The average Bonchev–Trinajstić information content (AvgIpc) is 3.42. The first kappa shape index (κ1) is 23.6. The minimum Gasteiger partial charge on any atom is -0.378 e. The van der Waals surface area contributed by atoms with E-state index in [1.165, 1.54) is 22.9 Å². The van der Waals surface area contributed by atoms with Gasteiger partial charge in [-0.2, -0.15) is 0 Å². The van der Waals surface area contributed by atoms with Crippen LogP contribution in [-0.4, -0.2) is 39.1 Å². The number of nitrogens with one attached hydrogen (secondary N) is 2. The summed E-state index contributed by atoms with van der Waals surface area (Å²) in [5, 5.41) is 16.4. The number of nitrogens with zero attached hydrogens (tertiary/aromatic N) is 3. The maximum atomic E-state index is 12.5. The van der Waals surface area contributed by atoms with Crippen LogP contribution >= 0.6 is 23.4 Å². The molecule has 0 saturated carbocycles. The van der Waals surface area contributed by atoms with Gasteiger partial charge in [0.15, 0.2) is 11.0 Å². The molecular weight excluding hydrogens is 458 g/mol. The van der Waals surface area contributed by atoms with Gasteiger partial charge in [0.05, 0.1) is 24.9 Å². The number of anilines is 2. The second-order valence-electron chi connectivity index (χ2n) is 8.16. The fourth-order valence-electron chi connectivity index (χ4n) is 3.81. The Bertz CT molecular complexity index is 1110. The number of benzene rings is 2. The molecular formula is C24H28ClN5O2S. The van der Waals surface area contributed by atoms with Gasteiger partial charge in [-0.25, -0.2) is 0 Å². The fourth-order valence-corrected chi connectivity index (χ4v) is 4.77. The first-order valence-corrected chi connectivity index (χ1v) is 12.4. The van der Waals surface area contributed by atoms with Crippen molar-refractivity contribution >= 4 is 40.6 Å². The SMILES string of the molecule is Cc1ccc(NCc2nnc(SCC(=O)Nc3cccc(Cl)c3)n2CC2CCCO2)c(C)c1. The monoisotopic (exact) mass is 485 g/mol. The number of carbonyl (C=O) groups is 1. The van der Waals surface area contributed by atoms with E-state index in [9.17, 15) is 4.79 Å². The highest BCUT2D eigenvalue weighted by Gasteiger charge is 2.21. The van der Waals surface area contributed by atoms with Crippen molar-refractivity contribution in [3.8, 4) is 0 Å². The minimum atomic E-state index is -0.121. The minimum absolute atomic E-state index is 0.121. The average molecular weight is 486 g/mol. The van der Waals surface area contributed by atoms with Crippen LogP contribution in [0.15, 0.2) is 47.6 Å². The lowest BCUT2D eigenvalue weighted by Gasteiger charge is -2.16. The third kappa shape index (κ3) is 6.50. The van der Waals surface area contributed by atoms with E-state index in [2.05, 4.69) is 57.4 Å². The Morgan fingerprint density at radius 3 is 2.88 bits per heavy atom. The third-order valence-corrected chi connectivity index (χ3v) is 6.67. The molecule has 9 heteroatoms. The van der Waals surface area contributed by atoms with Crippen molar-refractivity contribution in [2.45, 2.75) is 51.0 Å². The van der Waals surface area contributed by atoms with Crippen LogP contribution in [0.3, 0.4) is 0 Å². The fraction of sp³-hybridized carbons (Fsp3) is 0.375. The Morgan fingerprint density at radius 1 is 1.24 bits per heavy atom. The molecule has 1 unspecified atom stereocenters. The van der Waals surface area contributed by atoms with Crippen molar-refractivity contribution in [3.05, 3.63) is 64.4 Å². The number of hydrogen-bond donors (Lipinski definition) is 2. The summed E-state index contributed by atoms with van der Waals surface area (Å²) in [6.07, 6.45) is 2.22. The zero-order chi connectivity index (χ0) is 23.2. The van der Waals surface area contributed by atoms with Gasteiger partial charge < -0.3 is 19.9 Å². The number of rotatable bonds is 9. The maximum absolute atomic E-state index is 12.5. The number of halogens is 1. The van der Waals surface area contributed by atoms with Crippen LogP contribution in [0.1, 0.15) is 29.8 Å². The van der Waals surface area contributed by atoms with Crippen LogP contribution in [0, 0.1) is 13.8 Å². The van der Waals surface area contributed by atoms with E-state index in [4.69, 9.17) is 16.3 Å². The lowest BCUT2D eigenvalue weighted by atomic mass is 10.1. The lowest BCUT2D eigenvalue weighted by Crippen LogP contribution is -2.20. The lowest BCUT2D eigenvalue weighted by molar-refractivity contribution is -0.113. The van der Waals surface area contributed by atoms with Crippen molar-refractivity contribution in [2.75, 3.05) is 23.0 Å². The molecule has 0 spiro atoms. The standard InChI is InChI=1S/C24H28ClN5O2S/c1-16-8-9-21(17(2)11-16)26-13-22-28-29-24(30(22)14-20-7-4-10-32-20)33-15-23(31)27-19-6-3-5-18(25)12-19/h3,5-6,8-9,11-12,20,26H,4,7,10,13-15H2,1-2H3,(H,27,31). The highest BCUT2D eigenvalue weighted by atomic mass is 35.5. The number of thioether (sulfide) groups is 1. The summed E-state index contributed by atoms with van der Waals surface area (Å²) in [6, 6.07) is 13.4. The summed E-state index contributed by atoms with van der Waals surface area (Å²) in [7, 11) is 0. The van der Waals surface area contributed by atoms with E-state index in [0.717, 1.165) is 31.0 Å². The summed E-state index contributed by atoms with van der Waals surface area (Å²) >= 11 is 7.37. The topological polar surface area (TPSA) is 81.1 Å². The van der Waals surface area contributed by atoms with Crippen LogP contribution < -0.4 is 10.6 Å². The summed E-state index contributed by atoms with van der Waals surface area (Å²) < 4.78 is 7.92. The molecule has 4 rings (SSSR count). The molecule has 1 atom stereocenters. The van der Waals surface area contributed by atoms with Gasteiger partial charge in [0, 0.05) is 23.0 Å². The molecule has 3 aromatic rings. The van der Waals surface area contributed by atoms with Crippen LogP contribution in [0.5, 0.6) is 0 Å². The van der Waals surface area contributed by atoms with Crippen molar-refractivity contribution < 1.29 is 9.53 Å². The number of hydrogen-bond acceptors (Lipinski definition) is 6. The molecule has 1 fully saturated rings. The second kappa shape index (κ2) is 11.0. The summed E-state index contributed by atoms with van der Waals surface area (Å²) in [5.74, 6) is 0.924. The molecule has 0 aliphatic carbocycles. The summed E-state index contributed by atoms with van der Waals surface area (Å²) in [6.45, 7) is 6.18. The summed E-state index contributed by atoms with van der Waals surface area (Å²) in [5.41, 5.74) is 4.16. The Balaban J connectivity index is 1.43. The van der Waals surface area contributed by atoms with Gasteiger partial charge in [0.1, 0.15) is 0 Å². The van der Waals surface area contributed by atoms with Gasteiger partial charge in [-0.05, 0) is 56.5 Å². The number of carbonyl (C=O) groups excluding carboxylic acids is 1. The molecule has 1 aromatic heterocycles. The van der Waals surface area contributed by atoms with Crippen molar-refractivity contribution in [3.63, 3.8) is 0 Å². The second-order valence-corrected chi connectivity index (χ2v) is 9.54. The zero-order valence-corrected chi connectivity index (χ0v) is 20.4.